The monoisotopic (exact) mass is 442 g/mol. The maximum Gasteiger partial charge on any atom is 0.342 e. The number of hydrogen-bond acceptors (Lipinski definition) is 7. The molecule has 2 aromatic carbocycles. The van der Waals surface area contributed by atoms with Crippen molar-refractivity contribution < 1.29 is 29.3 Å². The largest absolute Gasteiger partial charge is 0.508 e. The minimum absolute atomic E-state index is 0.0829. The van der Waals surface area contributed by atoms with Gasteiger partial charge in [-0.1, -0.05) is 38.8 Å². The smallest absolute Gasteiger partial charge is 0.342 e. The van der Waals surface area contributed by atoms with Gasteiger partial charge in [0.1, 0.15) is 28.9 Å². The lowest BCUT2D eigenvalue weighted by Gasteiger charge is -2.17. The Hall–Kier alpha value is -3.55. The highest BCUT2D eigenvalue weighted by Gasteiger charge is 2.18. The molecule has 0 spiro atoms. The van der Waals surface area contributed by atoms with Crippen LogP contribution >= 0.6 is 0 Å². The van der Waals surface area contributed by atoms with E-state index >= 15 is 0 Å². The average Bonchev–Trinajstić information content (AvgIpc) is 2.78. The number of benzene rings is 2. The highest BCUT2D eigenvalue weighted by atomic mass is 16.5. The standard InChI is InChI=1S/C24H30N2O6/c1-3-5-6-9-19(4-2)32-24(30)20-10-7-8-11-22(20)31-16-23(29)26-25-15-17-12-13-18(27)14-21(17)28/h7-8,10-15,19,27-28H,3-6,9,16H2,1-2H3,(H,26,29). The third-order valence-electron chi connectivity index (χ3n) is 4.73. The van der Waals surface area contributed by atoms with Crippen molar-refractivity contribution in [2.24, 2.45) is 5.10 Å². The van der Waals surface area contributed by atoms with E-state index in [0.29, 0.717) is 5.56 Å². The fraction of sp³-hybridized carbons (Fsp3) is 0.375. The lowest BCUT2D eigenvalue weighted by molar-refractivity contribution is -0.123. The molecule has 32 heavy (non-hydrogen) atoms. The Bertz CT molecular complexity index is 928. The molecule has 0 heterocycles. The summed E-state index contributed by atoms with van der Waals surface area (Å²) in [6.45, 7) is 3.74. The molecule has 0 aromatic heterocycles. The molecule has 1 atom stereocenters. The van der Waals surface area contributed by atoms with Gasteiger partial charge in [0.25, 0.3) is 5.91 Å². The van der Waals surface area contributed by atoms with Crippen LogP contribution in [0.4, 0.5) is 0 Å². The molecule has 0 radical (unpaired) electrons. The van der Waals surface area contributed by atoms with Gasteiger partial charge in [0.05, 0.1) is 6.21 Å². The fourth-order valence-corrected chi connectivity index (χ4v) is 2.94. The van der Waals surface area contributed by atoms with E-state index in [1.165, 1.54) is 18.3 Å². The average molecular weight is 443 g/mol. The van der Waals surface area contributed by atoms with E-state index in [1.54, 1.807) is 24.3 Å². The number of esters is 1. The molecule has 2 rings (SSSR count). The number of phenols is 2. The van der Waals surface area contributed by atoms with Crippen LogP contribution in [0.25, 0.3) is 0 Å². The maximum atomic E-state index is 12.6. The van der Waals surface area contributed by atoms with E-state index in [9.17, 15) is 19.8 Å². The molecule has 0 saturated heterocycles. The minimum Gasteiger partial charge on any atom is -0.508 e. The Morgan fingerprint density at radius 1 is 1.12 bits per heavy atom. The number of hydrogen-bond donors (Lipinski definition) is 3. The quantitative estimate of drug-likeness (QED) is 0.197. The number of rotatable bonds is 12. The molecule has 2 aromatic rings. The molecule has 172 valence electrons. The van der Waals surface area contributed by atoms with E-state index in [0.717, 1.165) is 38.2 Å². The normalized spacial score (nSPS) is 11.8. The van der Waals surface area contributed by atoms with Gasteiger partial charge in [-0.3, -0.25) is 4.79 Å². The summed E-state index contributed by atoms with van der Waals surface area (Å²) in [7, 11) is 0. The number of unbranched alkanes of at least 4 members (excludes halogenated alkanes) is 2. The molecule has 0 fully saturated rings. The number of nitrogens with one attached hydrogen (secondary N) is 1. The molecule has 0 aliphatic carbocycles. The molecule has 8 nitrogen and oxygen atoms in total. The zero-order valence-corrected chi connectivity index (χ0v) is 18.4. The van der Waals surface area contributed by atoms with Crippen molar-refractivity contribution >= 4 is 18.1 Å². The third-order valence-corrected chi connectivity index (χ3v) is 4.73. The van der Waals surface area contributed by atoms with Crippen LogP contribution in [0.2, 0.25) is 0 Å². The number of para-hydroxylation sites is 1. The highest BCUT2D eigenvalue weighted by Crippen LogP contribution is 2.22. The van der Waals surface area contributed by atoms with E-state index in [4.69, 9.17) is 9.47 Å². The second-order valence-electron chi connectivity index (χ2n) is 7.25. The Morgan fingerprint density at radius 3 is 2.62 bits per heavy atom. The topological polar surface area (TPSA) is 117 Å². The van der Waals surface area contributed by atoms with Gasteiger partial charge in [0.2, 0.25) is 0 Å². The summed E-state index contributed by atoms with van der Waals surface area (Å²) < 4.78 is 11.1. The van der Waals surface area contributed by atoms with Crippen LogP contribution in [0.3, 0.4) is 0 Å². The molecular weight excluding hydrogens is 412 g/mol. The molecule has 0 aliphatic rings. The Kier molecular flexibility index (Phi) is 10.0. The van der Waals surface area contributed by atoms with E-state index in [1.807, 2.05) is 6.92 Å². The van der Waals surface area contributed by atoms with E-state index in [-0.39, 0.29) is 35.5 Å². The Morgan fingerprint density at radius 2 is 1.91 bits per heavy atom. The number of carbonyl (C=O) groups excluding carboxylic acids is 2. The first-order chi connectivity index (χ1) is 15.4. The summed E-state index contributed by atoms with van der Waals surface area (Å²) in [6.07, 6.45) is 5.83. The van der Waals surface area contributed by atoms with Crippen molar-refractivity contribution in [2.75, 3.05) is 6.61 Å². The second-order valence-corrected chi connectivity index (χ2v) is 7.25. The molecule has 0 bridgehead atoms. The molecule has 1 unspecified atom stereocenters. The summed E-state index contributed by atoms with van der Waals surface area (Å²) in [5.74, 6) is -1.04. The van der Waals surface area contributed by atoms with Crippen molar-refractivity contribution in [3.8, 4) is 17.2 Å². The van der Waals surface area contributed by atoms with Crippen LogP contribution in [0.5, 0.6) is 17.2 Å². The fourth-order valence-electron chi connectivity index (χ4n) is 2.94. The van der Waals surface area contributed by atoms with Gasteiger partial charge in [-0.15, -0.1) is 0 Å². The first kappa shape index (κ1) is 24.7. The van der Waals surface area contributed by atoms with Crippen LogP contribution in [0, 0.1) is 0 Å². The van der Waals surface area contributed by atoms with Gasteiger partial charge in [-0.2, -0.15) is 5.10 Å². The maximum absolute atomic E-state index is 12.6. The number of nitrogens with zero attached hydrogens (tertiary/aromatic N) is 1. The van der Waals surface area contributed by atoms with Gasteiger partial charge < -0.3 is 19.7 Å². The molecule has 3 N–H and O–H groups in total. The lowest BCUT2D eigenvalue weighted by Crippen LogP contribution is -2.25. The Labute approximate surface area is 187 Å². The van der Waals surface area contributed by atoms with Crippen LogP contribution in [0.1, 0.15) is 61.9 Å². The number of hydrazone groups is 1. The summed E-state index contributed by atoms with van der Waals surface area (Å²) in [6, 6.07) is 10.6. The summed E-state index contributed by atoms with van der Waals surface area (Å²) in [5, 5.41) is 22.7. The van der Waals surface area contributed by atoms with Gasteiger partial charge in [0.15, 0.2) is 6.61 Å². The van der Waals surface area contributed by atoms with Crippen LogP contribution in [-0.4, -0.2) is 41.0 Å². The van der Waals surface area contributed by atoms with Crippen LogP contribution < -0.4 is 10.2 Å². The predicted octanol–water partition coefficient (Wildman–Crippen LogP) is 4.14. The molecule has 0 saturated carbocycles. The minimum atomic E-state index is -0.548. The van der Waals surface area contributed by atoms with Crippen molar-refractivity contribution in [3.05, 3.63) is 53.6 Å². The first-order valence-corrected chi connectivity index (χ1v) is 10.7. The summed E-state index contributed by atoms with van der Waals surface area (Å²) in [4.78, 5) is 24.7. The van der Waals surface area contributed by atoms with Crippen molar-refractivity contribution in [1.82, 2.24) is 5.43 Å². The molecule has 8 heteroatoms. The molecule has 0 aliphatic heterocycles. The second kappa shape index (κ2) is 13.0. The third kappa shape index (κ3) is 7.94. The molecular formula is C24H30N2O6. The number of aromatic hydroxyl groups is 2. The SMILES string of the molecule is CCCCCC(CC)OC(=O)c1ccccc1OCC(=O)NN=Cc1ccc(O)cc1O. The number of carbonyl (C=O) groups is 2. The van der Waals surface area contributed by atoms with Gasteiger partial charge in [0, 0.05) is 11.6 Å². The zero-order chi connectivity index (χ0) is 23.3. The zero-order valence-electron chi connectivity index (χ0n) is 18.4. The first-order valence-electron chi connectivity index (χ1n) is 10.7. The number of ether oxygens (including phenoxy) is 2. The van der Waals surface area contributed by atoms with Crippen molar-refractivity contribution in [1.29, 1.82) is 0 Å². The highest BCUT2D eigenvalue weighted by molar-refractivity contribution is 5.92. The predicted molar refractivity (Wildman–Crippen MR) is 121 cm³/mol. The number of amides is 1. The molecule has 1 amide bonds. The summed E-state index contributed by atoms with van der Waals surface area (Å²) >= 11 is 0. The van der Waals surface area contributed by atoms with E-state index < -0.39 is 11.9 Å². The van der Waals surface area contributed by atoms with Gasteiger partial charge >= 0.3 is 5.97 Å². The van der Waals surface area contributed by atoms with Crippen LogP contribution in [-0.2, 0) is 9.53 Å². The van der Waals surface area contributed by atoms with Crippen molar-refractivity contribution in [2.45, 2.75) is 52.1 Å². The summed E-state index contributed by atoms with van der Waals surface area (Å²) in [5.41, 5.74) is 2.85. The van der Waals surface area contributed by atoms with E-state index in [2.05, 4.69) is 17.5 Å². The van der Waals surface area contributed by atoms with Crippen LogP contribution in [0.15, 0.2) is 47.6 Å². The lowest BCUT2D eigenvalue weighted by atomic mass is 10.1. The van der Waals surface area contributed by atoms with Crippen molar-refractivity contribution in [3.63, 3.8) is 0 Å². The number of phenolic OH excluding ortho intramolecular Hbond substituents is 2. The Balaban J connectivity index is 1.91. The van der Waals surface area contributed by atoms with Gasteiger partial charge in [-0.25, -0.2) is 10.2 Å². The van der Waals surface area contributed by atoms with Gasteiger partial charge in [-0.05, 0) is 43.5 Å².